The van der Waals surface area contributed by atoms with E-state index in [1.165, 1.54) is 102 Å². The van der Waals surface area contributed by atoms with Crippen molar-refractivity contribution in [3.63, 3.8) is 0 Å². The molecule has 1 amide bonds. The van der Waals surface area contributed by atoms with Crippen molar-refractivity contribution < 1.29 is 59.0 Å². The lowest BCUT2D eigenvalue weighted by Crippen LogP contribution is -2.64. The number of aliphatic hydroxyl groups is 7. The lowest BCUT2D eigenvalue weighted by atomic mass is 9.85. The fourth-order valence-electron chi connectivity index (χ4n) is 6.83. The quantitative estimate of drug-likeness (QED) is 0.0212. The Kier molecular flexibility index (Phi) is 29.4. The van der Waals surface area contributed by atoms with Gasteiger partial charge in [0.2, 0.25) is 5.91 Å². The molecule has 1 aliphatic rings. The summed E-state index contributed by atoms with van der Waals surface area (Å²) in [4.78, 5) is 23.3. The molecule has 0 spiro atoms. The van der Waals surface area contributed by atoms with E-state index in [2.05, 4.69) is 19.2 Å². The van der Waals surface area contributed by atoms with Gasteiger partial charge < -0.3 is 46.0 Å². The molecule has 320 valence electrons. The van der Waals surface area contributed by atoms with Crippen molar-refractivity contribution in [3.05, 3.63) is 12.2 Å². The predicted octanol–water partition coefficient (Wildman–Crippen LogP) is 5.86. The Morgan fingerprint density at radius 3 is 1.52 bits per heavy atom. The number of hydrogen-bond donors (Lipinski definition) is 9. The molecule has 0 bridgehead atoms. The Bertz CT molecular complexity index is 990. The minimum atomic E-state index is -5.13. The van der Waals surface area contributed by atoms with Crippen molar-refractivity contribution in [2.24, 2.45) is 0 Å². The van der Waals surface area contributed by atoms with Crippen LogP contribution >= 0.6 is 7.82 Å². The monoisotopic (exact) mass is 796 g/mol. The lowest BCUT2D eigenvalue weighted by Gasteiger charge is -2.41. The van der Waals surface area contributed by atoms with Gasteiger partial charge in [-0.15, -0.1) is 0 Å². The number of hydrogen-bond acceptors (Lipinski definition) is 11. The summed E-state index contributed by atoms with van der Waals surface area (Å²) in [5.74, 6) is -0.593. The van der Waals surface area contributed by atoms with E-state index in [1.807, 2.05) is 0 Å². The van der Waals surface area contributed by atoms with Crippen molar-refractivity contribution in [1.82, 2.24) is 5.32 Å². The van der Waals surface area contributed by atoms with Crippen LogP contribution in [-0.4, -0.2) is 108 Å². The van der Waals surface area contributed by atoms with Gasteiger partial charge in [0.05, 0.1) is 31.3 Å². The molecule has 13 nitrogen and oxygen atoms in total. The third-order valence-electron chi connectivity index (χ3n) is 10.4. The molecular weight excluding hydrogens is 717 g/mol. The molecule has 0 aliphatic heterocycles. The van der Waals surface area contributed by atoms with Crippen molar-refractivity contribution in [3.8, 4) is 0 Å². The number of phosphoric acid groups is 1. The van der Waals surface area contributed by atoms with Crippen LogP contribution in [-0.2, 0) is 18.4 Å². The first kappa shape index (κ1) is 51.1. The van der Waals surface area contributed by atoms with E-state index in [4.69, 9.17) is 9.05 Å². The van der Waals surface area contributed by atoms with E-state index < -0.39 is 75.2 Å². The summed E-state index contributed by atoms with van der Waals surface area (Å²) >= 11 is 0. The van der Waals surface area contributed by atoms with Gasteiger partial charge in [-0.2, -0.15) is 0 Å². The average molecular weight is 796 g/mol. The Morgan fingerprint density at radius 1 is 0.648 bits per heavy atom. The molecule has 1 fully saturated rings. The molecule has 1 rings (SSSR count). The maximum Gasteiger partial charge on any atom is 0.472 e. The van der Waals surface area contributed by atoms with E-state index in [-0.39, 0.29) is 6.42 Å². The van der Waals surface area contributed by atoms with Gasteiger partial charge in [0.15, 0.2) is 0 Å². The Balaban J connectivity index is 2.62. The third kappa shape index (κ3) is 23.3. The van der Waals surface area contributed by atoms with E-state index in [1.54, 1.807) is 6.08 Å². The normalized spacial score (nSPS) is 24.7. The molecule has 1 saturated carbocycles. The van der Waals surface area contributed by atoms with E-state index in [0.717, 1.165) is 44.9 Å². The fraction of sp³-hybridized carbons (Fsp3) is 0.925. The molecule has 1 aliphatic carbocycles. The molecule has 9 N–H and O–H groups in total. The van der Waals surface area contributed by atoms with Crippen LogP contribution in [0.3, 0.4) is 0 Å². The van der Waals surface area contributed by atoms with Crippen molar-refractivity contribution >= 4 is 13.7 Å². The van der Waals surface area contributed by atoms with Gasteiger partial charge in [0, 0.05) is 0 Å². The van der Waals surface area contributed by atoms with Gasteiger partial charge in [-0.05, 0) is 19.3 Å². The third-order valence-corrected chi connectivity index (χ3v) is 11.4. The first-order valence-electron chi connectivity index (χ1n) is 21.2. The Hall–Kier alpha value is -0.960. The van der Waals surface area contributed by atoms with Gasteiger partial charge in [0.1, 0.15) is 36.6 Å². The SMILES string of the molecule is CCCCCCCCCCCCC/C=C/C(O)C(COP(=O)(O)OC1C(O)C(O)C(O)C(O)C1O)NC(=O)CC(O)CCCCCCCCCCCCC. The first-order chi connectivity index (χ1) is 25.8. The van der Waals surface area contributed by atoms with Crippen LogP contribution in [0.15, 0.2) is 12.2 Å². The fourth-order valence-corrected chi connectivity index (χ4v) is 7.79. The summed E-state index contributed by atoms with van der Waals surface area (Å²) in [6.07, 6.45) is 16.0. The summed E-state index contributed by atoms with van der Waals surface area (Å²) in [6.45, 7) is 3.70. The minimum absolute atomic E-state index is 0.241. The van der Waals surface area contributed by atoms with Crippen LogP contribution < -0.4 is 5.32 Å². The van der Waals surface area contributed by atoms with Crippen LogP contribution in [0.4, 0.5) is 0 Å². The van der Waals surface area contributed by atoms with Crippen molar-refractivity contribution in [2.75, 3.05) is 6.61 Å². The largest absolute Gasteiger partial charge is 0.472 e. The molecular formula is C40H78NO12P. The number of unbranched alkanes of at least 4 members (excludes halogenated alkanes) is 21. The van der Waals surface area contributed by atoms with E-state index >= 15 is 0 Å². The van der Waals surface area contributed by atoms with Crippen LogP contribution in [0.1, 0.15) is 174 Å². The van der Waals surface area contributed by atoms with Crippen LogP contribution in [0.2, 0.25) is 0 Å². The standard InChI is InChI=1S/C40H78NO12P/c1-3-5-7-9-11-13-15-16-18-20-22-24-26-28-33(43)32(30-52-54(50,51)53-40-38(48)36(46)35(45)37(47)39(40)49)41-34(44)29-31(42)27-25-23-21-19-17-14-12-10-8-6-4-2/h26,28,31-33,35-40,42-43,45-49H,3-25,27,29-30H2,1-2H3,(H,41,44)(H,50,51)/b28-26+. The molecule has 54 heavy (non-hydrogen) atoms. The molecule has 0 heterocycles. The smallest absolute Gasteiger partial charge is 0.393 e. The molecule has 8 unspecified atom stereocenters. The first-order valence-corrected chi connectivity index (χ1v) is 22.7. The van der Waals surface area contributed by atoms with E-state index in [9.17, 15) is 50.0 Å². The molecule has 14 heteroatoms. The van der Waals surface area contributed by atoms with Crippen LogP contribution in [0.5, 0.6) is 0 Å². The summed E-state index contributed by atoms with van der Waals surface area (Å²) in [5, 5.41) is 74.2. The number of allylic oxidation sites excluding steroid dienone is 1. The minimum Gasteiger partial charge on any atom is -0.393 e. The van der Waals surface area contributed by atoms with Gasteiger partial charge >= 0.3 is 7.82 Å². The number of amides is 1. The number of aliphatic hydroxyl groups excluding tert-OH is 7. The summed E-state index contributed by atoms with van der Waals surface area (Å²) in [7, 11) is -5.13. The highest BCUT2D eigenvalue weighted by Gasteiger charge is 2.51. The van der Waals surface area contributed by atoms with Crippen molar-refractivity contribution in [1.29, 1.82) is 0 Å². The maximum atomic E-state index is 12.9. The number of carbonyl (C=O) groups is 1. The highest BCUT2D eigenvalue weighted by molar-refractivity contribution is 7.47. The van der Waals surface area contributed by atoms with Crippen molar-refractivity contribution in [2.45, 2.75) is 229 Å². The number of nitrogens with one attached hydrogen (secondary N) is 1. The lowest BCUT2D eigenvalue weighted by molar-refractivity contribution is -0.220. The number of rotatable bonds is 34. The zero-order chi connectivity index (χ0) is 40.2. The summed E-state index contributed by atoms with van der Waals surface area (Å²) in [5.41, 5.74) is 0. The van der Waals surface area contributed by atoms with E-state index in [0.29, 0.717) is 12.8 Å². The van der Waals surface area contributed by atoms with Gasteiger partial charge in [-0.3, -0.25) is 13.8 Å². The predicted molar refractivity (Wildman–Crippen MR) is 211 cm³/mol. The number of carbonyl (C=O) groups excluding carboxylic acids is 1. The molecule has 0 radical (unpaired) electrons. The molecule has 0 aromatic carbocycles. The van der Waals surface area contributed by atoms with Gasteiger partial charge in [-0.1, -0.05) is 161 Å². The summed E-state index contributed by atoms with van der Waals surface area (Å²) in [6, 6.07) is -1.23. The van der Waals surface area contributed by atoms with Gasteiger partial charge in [-0.25, -0.2) is 4.57 Å². The molecule has 8 atom stereocenters. The Morgan fingerprint density at radius 2 is 1.06 bits per heavy atom. The Labute approximate surface area is 325 Å². The maximum absolute atomic E-state index is 12.9. The second-order valence-electron chi connectivity index (χ2n) is 15.4. The number of phosphoric ester groups is 1. The second-order valence-corrected chi connectivity index (χ2v) is 16.8. The topological polar surface area (TPSA) is 226 Å². The second kappa shape index (κ2) is 31.1. The van der Waals surface area contributed by atoms with Crippen LogP contribution in [0, 0.1) is 0 Å². The zero-order valence-corrected chi connectivity index (χ0v) is 34.3. The highest BCUT2D eigenvalue weighted by Crippen LogP contribution is 2.47. The van der Waals surface area contributed by atoms with Crippen LogP contribution in [0.25, 0.3) is 0 Å². The summed E-state index contributed by atoms with van der Waals surface area (Å²) < 4.78 is 22.8. The highest BCUT2D eigenvalue weighted by atomic mass is 31.2. The zero-order valence-electron chi connectivity index (χ0n) is 33.4. The molecule has 0 saturated heterocycles. The average Bonchev–Trinajstić information content (AvgIpc) is 3.14. The molecule has 0 aromatic rings. The van der Waals surface area contributed by atoms with Gasteiger partial charge in [0.25, 0.3) is 0 Å². The molecule has 0 aromatic heterocycles.